The summed E-state index contributed by atoms with van der Waals surface area (Å²) in [5.41, 5.74) is 7.19. The van der Waals surface area contributed by atoms with Crippen molar-refractivity contribution in [3.05, 3.63) is 47.3 Å². The van der Waals surface area contributed by atoms with E-state index in [1.54, 1.807) is 18.2 Å². The number of amides is 2. The zero-order chi connectivity index (χ0) is 18.4. The number of halogens is 1. The molecular weight excluding hydrogens is 335 g/mol. The predicted molar refractivity (Wildman–Crippen MR) is 97.7 cm³/mol. The van der Waals surface area contributed by atoms with Crippen molar-refractivity contribution < 1.29 is 14.0 Å². The predicted octanol–water partition coefficient (Wildman–Crippen LogP) is 1.95. The normalized spacial score (nSPS) is 15.7. The summed E-state index contributed by atoms with van der Waals surface area (Å²) < 4.78 is 13.9. The number of aromatic nitrogens is 1. The molecule has 1 fully saturated rings. The van der Waals surface area contributed by atoms with E-state index in [0.29, 0.717) is 35.1 Å². The van der Waals surface area contributed by atoms with E-state index in [9.17, 15) is 14.0 Å². The summed E-state index contributed by atoms with van der Waals surface area (Å²) in [5.74, 6) is -1.25. The molecule has 1 saturated heterocycles. The van der Waals surface area contributed by atoms with Crippen LogP contribution >= 0.6 is 0 Å². The zero-order valence-corrected chi connectivity index (χ0v) is 14.4. The number of primary amides is 1. The Bertz CT molecular complexity index is 1030. The Morgan fingerprint density at radius 2 is 1.81 bits per heavy atom. The standard InChI is InChI=1S/C19H19FN4O2/c1-23-4-6-24(7-5-23)19(26)11-2-3-13-14-9-12(20)10-15(18(21)25)17(14)22-16(13)8-11/h2-3,8-10,22H,4-7H2,1H3,(H2,21,25). The summed E-state index contributed by atoms with van der Waals surface area (Å²) in [6.45, 7) is 3.08. The second-order valence-corrected chi connectivity index (χ2v) is 6.72. The van der Waals surface area contributed by atoms with Crippen LogP contribution in [0, 0.1) is 5.82 Å². The van der Waals surface area contributed by atoms with Gasteiger partial charge in [-0.05, 0) is 31.3 Å². The number of benzene rings is 2. The second kappa shape index (κ2) is 6.10. The fraction of sp³-hybridized carbons (Fsp3) is 0.263. The summed E-state index contributed by atoms with van der Waals surface area (Å²) in [6.07, 6.45) is 0. The highest BCUT2D eigenvalue weighted by Crippen LogP contribution is 2.29. The van der Waals surface area contributed by atoms with Gasteiger partial charge in [0.15, 0.2) is 0 Å². The average Bonchev–Trinajstić information content (AvgIpc) is 2.98. The van der Waals surface area contributed by atoms with E-state index in [1.165, 1.54) is 6.07 Å². The van der Waals surface area contributed by atoms with Gasteiger partial charge < -0.3 is 20.5 Å². The van der Waals surface area contributed by atoms with Crippen molar-refractivity contribution in [1.29, 1.82) is 0 Å². The van der Waals surface area contributed by atoms with Crippen LogP contribution in [0.1, 0.15) is 20.7 Å². The lowest BCUT2D eigenvalue weighted by molar-refractivity contribution is 0.0664. The second-order valence-electron chi connectivity index (χ2n) is 6.72. The van der Waals surface area contributed by atoms with Gasteiger partial charge in [0.05, 0.1) is 11.1 Å². The fourth-order valence-corrected chi connectivity index (χ4v) is 3.49. The molecule has 0 atom stereocenters. The fourth-order valence-electron chi connectivity index (χ4n) is 3.49. The number of H-pyrrole nitrogens is 1. The Labute approximate surface area is 149 Å². The molecule has 0 bridgehead atoms. The monoisotopic (exact) mass is 354 g/mol. The van der Waals surface area contributed by atoms with Crippen LogP contribution in [0.2, 0.25) is 0 Å². The van der Waals surface area contributed by atoms with E-state index in [0.717, 1.165) is 24.5 Å². The number of hydrogen-bond acceptors (Lipinski definition) is 3. The SMILES string of the molecule is CN1CCN(C(=O)c2ccc3c(c2)[nH]c2c(C(N)=O)cc(F)cc23)CC1. The van der Waals surface area contributed by atoms with Crippen molar-refractivity contribution in [2.24, 2.45) is 5.73 Å². The van der Waals surface area contributed by atoms with Crippen LogP contribution in [-0.4, -0.2) is 59.8 Å². The number of fused-ring (bicyclic) bond motifs is 3. The van der Waals surface area contributed by atoms with Gasteiger partial charge in [-0.3, -0.25) is 9.59 Å². The number of likely N-dealkylation sites (N-methyl/N-ethyl adjacent to an activating group) is 1. The number of nitrogens with zero attached hydrogens (tertiary/aromatic N) is 2. The number of carbonyl (C=O) groups is 2. The van der Waals surface area contributed by atoms with Gasteiger partial charge in [0, 0.05) is 48.0 Å². The molecule has 1 aliphatic heterocycles. The third kappa shape index (κ3) is 2.70. The molecule has 4 rings (SSSR count). The highest BCUT2D eigenvalue weighted by molar-refractivity contribution is 6.15. The molecule has 2 amide bonds. The minimum absolute atomic E-state index is 0.0278. The smallest absolute Gasteiger partial charge is 0.254 e. The van der Waals surface area contributed by atoms with E-state index >= 15 is 0 Å². The molecule has 6 nitrogen and oxygen atoms in total. The average molecular weight is 354 g/mol. The Hall–Kier alpha value is -2.93. The van der Waals surface area contributed by atoms with Crippen LogP contribution in [0.3, 0.4) is 0 Å². The number of nitrogens with two attached hydrogens (primary N) is 1. The van der Waals surface area contributed by atoms with Crippen molar-refractivity contribution in [2.75, 3.05) is 33.2 Å². The van der Waals surface area contributed by atoms with Gasteiger partial charge in [-0.15, -0.1) is 0 Å². The maximum atomic E-state index is 13.9. The molecule has 1 aromatic heterocycles. The van der Waals surface area contributed by atoms with Crippen LogP contribution in [0.5, 0.6) is 0 Å². The van der Waals surface area contributed by atoms with Crippen molar-refractivity contribution in [2.45, 2.75) is 0 Å². The van der Waals surface area contributed by atoms with Crippen LogP contribution in [0.25, 0.3) is 21.8 Å². The van der Waals surface area contributed by atoms with Crippen molar-refractivity contribution in [3.63, 3.8) is 0 Å². The summed E-state index contributed by atoms with van der Waals surface area (Å²) in [5, 5.41) is 1.32. The Morgan fingerprint density at radius 1 is 1.08 bits per heavy atom. The first-order chi connectivity index (χ1) is 12.4. The number of rotatable bonds is 2. The first kappa shape index (κ1) is 16.5. The highest BCUT2D eigenvalue weighted by atomic mass is 19.1. The number of nitrogens with one attached hydrogen (secondary N) is 1. The number of aromatic amines is 1. The van der Waals surface area contributed by atoms with E-state index in [4.69, 9.17) is 5.73 Å². The first-order valence-electron chi connectivity index (χ1n) is 8.46. The molecule has 3 aromatic rings. The van der Waals surface area contributed by atoms with Crippen molar-refractivity contribution in [1.82, 2.24) is 14.8 Å². The molecule has 1 aliphatic rings. The van der Waals surface area contributed by atoms with Crippen molar-refractivity contribution >= 4 is 33.6 Å². The third-order valence-electron chi connectivity index (χ3n) is 4.98. The van der Waals surface area contributed by atoms with Crippen LogP contribution in [0.4, 0.5) is 4.39 Å². The Kier molecular flexibility index (Phi) is 3.88. The molecule has 0 radical (unpaired) electrons. The van der Waals surface area contributed by atoms with Gasteiger partial charge in [0.1, 0.15) is 5.82 Å². The minimum Gasteiger partial charge on any atom is -0.366 e. The van der Waals surface area contributed by atoms with Gasteiger partial charge in [0.25, 0.3) is 11.8 Å². The Balaban J connectivity index is 1.78. The van der Waals surface area contributed by atoms with Gasteiger partial charge in [-0.2, -0.15) is 0 Å². The Morgan fingerprint density at radius 3 is 2.50 bits per heavy atom. The van der Waals surface area contributed by atoms with E-state index in [1.807, 2.05) is 11.9 Å². The molecule has 0 aliphatic carbocycles. The maximum Gasteiger partial charge on any atom is 0.254 e. The first-order valence-corrected chi connectivity index (χ1v) is 8.46. The molecule has 0 unspecified atom stereocenters. The largest absolute Gasteiger partial charge is 0.366 e. The summed E-state index contributed by atoms with van der Waals surface area (Å²) in [7, 11) is 2.04. The van der Waals surface area contributed by atoms with Gasteiger partial charge >= 0.3 is 0 Å². The lowest BCUT2D eigenvalue weighted by atomic mass is 10.1. The van der Waals surface area contributed by atoms with E-state index in [2.05, 4.69) is 9.88 Å². The highest BCUT2D eigenvalue weighted by Gasteiger charge is 2.21. The lowest BCUT2D eigenvalue weighted by Gasteiger charge is -2.32. The molecule has 26 heavy (non-hydrogen) atoms. The summed E-state index contributed by atoms with van der Waals surface area (Å²) in [6, 6.07) is 7.75. The van der Waals surface area contributed by atoms with Crippen molar-refractivity contribution in [3.8, 4) is 0 Å². The molecular formula is C19H19FN4O2. The molecule has 0 saturated carbocycles. The zero-order valence-electron chi connectivity index (χ0n) is 14.4. The summed E-state index contributed by atoms with van der Waals surface area (Å²) >= 11 is 0. The van der Waals surface area contributed by atoms with E-state index in [-0.39, 0.29) is 11.5 Å². The molecule has 7 heteroatoms. The third-order valence-corrected chi connectivity index (χ3v) is 4.98. The van der Waals surface area contributed by atoms with Crippen LogP contribution < -0.4 is 5.73 Å². The molecule has 2 heterocycles. The maximum absolute atomic E-state index is 13.9. The van der Waals surface area contributed by atoms with Gasteiger partial charge in [0.2, 0.25) is 0 Å². The topological polar surface area (TPSA) is 82.4 Å². The number of carbonyl (C=O) groups excluding carboxylic acids is 2. The molecule has 3 N–H and O–H groups in total. The number of hydrogen-bond donors (Lipinski definition) is 2. The number of piperazine rings is 1. The van der Waals surface area contributed by atoms with Crippen LogP contribution in [-0.2, 0) is 0 Å². The van der Waals surface area contributed by atoms with E-state index < -0.39 is 11.7 Å². The molecule has 134 valence electrons. The summed E-state index contributed by atoms with van der Waals surface area (Å²) in [4.78, 5) is 31.5. The lowest BCUT2D eigenvalue weighted by Crippen LogP contribution is -2.47. The molecule has 0 spiro atoms. The molecule has 2 aromatic carbocycles. The van der Waals surface area contributed by atoms with Gasteiger partial charge in [-0.25, -0.2) is 4.39 Å². The van der Waals surface area contributed by atoms with Gasteiger partial charge in [-0.1, -0.05) is 6.07 Å². The van der Waals surface area contributed by atoms with Crippen LogP contribution in [0.15, 0.2) is 30.3 Å². The quantitative estimate of drug-likeness (QED) is 0.738. The minimum atomic E-state index is -0.699.